The van der Waals surface area contributed by atoms with E-state index in [0.717, 1.165) is 0 Å². The molecule has 120 valence electrons. The van der Waals surface area contributed by atoms with E-state index in [4.69, 9.17) is 0 Å². The second kappa shape index (κ2) is 7.57. The van der Waals surface area contributed by atoms with Crippen LogP contribution in [-0.2, 0) is 10.0 Å². The van der Waals surface area contributed by atoms with Crippen molar-refractivity contribution in [3.63, 3.8) is 0 Å². The highest BCUT2D eigenvalue weighted by Gasteiger charge is 2.33. The highest BCUT2D eigenvalue weighted by atomic mass is 32.2. The predicted octanol–water partition coefficient (Wildman–Crippen LogP) is 1.25. The second-order valence-corrected chi connectivity index (χ2v) is 9.40. The highest BCUT2D eigenvalue weighted by molar-refractivity contribution is 7.89. The normalized spacial score (nSPS) is 13.2. The first-order valence-corrected chi connectivity index (χ1v) is 7.36. The van der Waals surface area contributed by atoms with E-state index in [1.807, 2.05) is 42.3 Å². The molecule has 0 N–H and O–H groups in total. The van der Waals surface area contributed by atoms with E-state index in [-0.39, 0.29) is 20.1 Å². The van der Waals surface area contributed by atoms with Crippen molar-refractivity contribution in [3.05, 3.63) is 14.9 Å². The minimum Gasteiger partial charge on any atom is -0.358 e. The fourth-order valence-corrected chi connectivity index (χ4v) is 3.06. The molecule has 0 fully saturated rings. The zero-order valence-corrected chi connectivity index (χ0v) is 15.4. The summed E-state index contributed by atoms with van der Waals surface area (Å²) in [4.78, 5) is 0. The van der Waals surface area contributed by atoms with Crippen LogP contribution in [0.25, 0.3) is 0 Å². The molecule has 0 atom stereocenters. The molecule has 6 heteroatoms. The number of hydrogen-bond donors (Lipinski definition) is 0. The average Bonchev–Trinajstić information content (AvgIpc) is 1.96. The van der Waals surface area contributed by atoms with Crippen molar-refractivity contribution in [2.24, 2.45) is 0 Å². The van der Waals surface area contributed by atoms with Crippen molar-refractivity contribution in [2.45, 2.75) is 19.1 Å². The van der Waals surface area contributed by atoms with E-state index < -0.39 is 10.0 Å². The molecule has 0 saturated carbocycles. The van der Waals surface area contributed by atoms with Gasteiger partial charge in [0.1, 0.15) is 0 Å². The van der Waals surface area contributed by atoms with Crippen molar-refractivity contribution in [2.75, 3.05) is 55.6 Å². The van der Waals surface area contributed by atoms with Gasteiger partial charge in [-0.15, -0.1) is 4.31 Å². The first-order valence-electron chi connectivity index (χ1n) is 5.85. The van der Waals surface area contributed by atoms with Crippen molar-refractivity contribution in [1.82, 2.24) is 4.31 Å². The molecule has 0 aliphatic heterocycles. The molecule has 0 amide bonds. The van der Waals surface area contributed by atoms with Gasteiger partial charge in [0, 0.05) is 0 Å². The molecule has 0 unspecified atom stereocenters. The molecule has 0 saturated heterocycles. The molecule has 0 aromatic heterocycles. The van der Waals surface area contributed by atoms with Gasteiger partial charge in [-0.25, -0.2) is 8.42 Å². The molecule has 0 bridgehead atoms. The third-order valence-corrected chi connectivity index (χ3v) is 4.26. The molecule has 0 aliphatic rings. The van der Waals surface area contributed by atoms with Crippen molar-refractivity contribution >= 4 is 10.0 Å². The Morgan fingerprint density at radius 3 is 1.26 bits per heavy atom. The van der Waals surface area contributed by atoms with Gasteiger partial charge in [-0.3, -0.25) is 0 Å². The molecule has 0 aromatic carbocycles. The van der Waals surface area contributed by atoms with Crippen LogP contribution in [0.3, 0.4) is 0 Å². The maximum Gasteiger partial charge on any atom is 0.225 e. The van der Waals surface area contributed by atoms with Gasteiger partial charge >= 0.3 is 0 Å². The van der Waals surface area contributed by atoms with Crippen LogP contribution in [-0.4, -0.2) is 82.6 Å². The summed E-state index contributed by atoms with van der Waals surface area (Å²) in [6, 6.07) is 0. The largest absolute Gasteiger partial charge is 0.358 e. The molecule has 0 spiro atoms. The van der Waals surface area contributed by atoms with Crippen LogP contribution >= 0.6 is 0 Å². The number of sulfonamides is 1. The van der Waals surface area contributed by atoms with E-state index in [0.29, 0.717) is 22.3 Å². The molecule has 0 heterocycles. The third kappa shape index (κ3) is 9.38. The Morgan fingerprint density at radius 1 is 0.842 bits per heavy atom. The number of rotatable bonds is 6. The molecule has 19 heavy (non-hydrogen) atoms. The fourth-order valence-electron chi connectivity index (χ4n) is 1.45. The molecule has 0 radical (unpaired) electrons. The van der Waals surface area contributed by atoms with Crippen molar-refractivity contribution in [3.8, 4) is 0 Å². The topological polar surface area (TPSA) is 37.4 Å². The lowest BCUT2D eigenvalue weighted by Crippen LogP contribution is -2.55. The number of quaternary nitrogens is 2. The first-order chi connectivity index (χ1) is 7.26. The summed E-state index contributed by atoms with van der Waals surface area (Å²) in [6.07, 6.45) is 0. The van der Waals surface area contributed by atoms with Crippen LogP contribution in [0.4, 0.5) is 0 Å². The summed E-state index contributed by atoms with van der Waals surface area (Å²) in [5, 5.41) is -0.374. The smallest absolute Gasteiger partial charge is 0.225 e. The average molecular weight is 298 g/mol. The third-order valence-electron chi connectivity index (χ3n) is 2.12. The Labute approximate surface area is 122 Å². The van der Waals surface area contributed by atoms with Gasteiger partial charge in [0.15, 0.2) is 13.3 Å². The van der Waals surface area contributed by atoms with Gasteiger partial charge in [-0.2, -0.15) is 0 Å². The zero-order chi connectivity index (χ0) is 14.1. The molecule has 0 rings (SSSR count). The van der Waals surface area contributed by atoms with E-state index in [9.17, 15) is 8.42 Å². The zero-order valence-electron chi connectivity index (χ0n) is 14.6. The fraction of sp³-hybridized carbons (Fsp3) is 0.846. The van der Waals surface area contributed by atoms with Gasteiger partial charge < -0.3 is 23.8 Å². The summed E-state index contributed by atoms with van der Waals surface area (Å²) in [6.45, 7) is 4.45. The lowest BCUT2D eigenvalue weighted by Gasteiger charge is -2.36. The molecular formula is C13H35N3O2S. The number of nitrogens with zero attached hydrogens (tertiary/aromatic N) is 3. The minimum atomic E-state index is -3.20. The quantitative estimate of drug-likeness (QED) is 0.420. The van der Waals surface area contributed by atoms with Gasteiger partial charge in [0.2, 0.25) is 10.0 Å². The van der Waals surface area contributed by atoms with Gasteiger partial charge in [0.05, 0.1) is 47.5 Å². The summed E-state index contributed by atoms with van der Waals surface area (Å²) in [5.41, 5.74) is 0. The summed E-state index contributed by atoms with van der Waals surface area (Å²) in [7, 11) is 8.79. The summed E-state index contributed by atoms with van der Waals surface area (Å²) >= 11 is 0. The standard InChI is InChI=1S/C11H29N3O2S.2CH3/c1-11(2)17(15,16)12(9-13(3,4)5)10-14(6,7)8;;/h11H,9-10H2,1-8H3;2*1H3/q+2;2*-1. The Hall–Kier alpha value is -0.170. The van der Waals surface area contributed by atoms with Gasteiger partial charge in [-0.1, -0.05) is 0 Å². The van der Waals surface area contributed by atoms with Crippen LogP contribution in [0.5, 0.6) is 0 Å². The van der Waals surface area contributed by atoms with Gasteiger partial charge in [0.25, 0.3) is 0 Å². The summed E-state index contributed by atoms with van der Waals surface area (Å²) < 4.78 is 27.4. The van der Waals surface area contributed by atoms with Crippen LogP contribution < -0.4 is 0 Å². The Kier molecular flexibility index (Phi) is 9.52. The van der Waals surface area contributed by atoms with Crippen molar-refractivity contribution < 1.29 is 17.4 Å². The SMILES string of the molecule is CC(C)S(=O)(=O)N(C[N+](C)(C)C)C[N+](C)(C)C.[CH3-].[CH3-]. The minimum absolute atomic E-state index is 0. The Balaban J connectivity index is -0.00000128. The Bertz CT molecular complexity index is 322. The van der Waals surface area contributed by atoms with E-state index >= 15 is 0 Å². The van der Waals surface area contributed by atoms with E-state index in [1.165, 1.54) is 0 Å². The predicted molar refractivity (Wildman–Crippen MR) is 84.5 cm³/mol. The molecule has 5 nitrogen and oxygen atoms in total. The van der Waals surface area contributed by atoms with Gasteiger partial charge in [-0.05, 0) is 13.8 Å². The lowest BCUT2D eigenvalue weighted by atomic mass is 10.6. The van der Waals surface area contributed by atoms with Crippen LogP contribution in [0, 0.1) is 14.9 Å². The lowest BCUT2D eigenvalue weighted by molar-refractivity contribution is -0.905. The number of hydrogen-bond acceptors (Lipinski definition) is 2. The van der Waals surface area contributed by atoms with E-state index in [1.54, 1.807) is 18.2 Å². The monoisotopic (exact) mass is 297 g/mol. The molecular weight excluding hydrogens is 262 g/mol. The summed E-state index contributed by atoms with van der Waals surface area (Å²) in [5.74, 6) is 0. The second-order valence-electron chi connectivity index (χ2n) is 6.91. The first kappa shape index (κ1) is 23.9. The van der Waals surface area contributed by atoms with Crippen molar-refractivity contribution in [1.29, 1.82) is 0 Å². The van der Waals surface area contributed by atoms with E-state index in [2.05, 4.69) is 0 Å². The van der Waals surface area contributed by atoms with Crippen LogP contribution in [0.15, 0.2) is 0 Å². The van der Waals surface area contributed by atoms with Crippen LogP contribution in [0.2, 0.25) is 0 Å². The maximum absolute atomic E-state index is 12.3. The highest BCUT2D eigenvalue weighted by Crippen LogP contribution is 2.12. The molecule has 0 aromatic rings. The Morgan fingerprint density at radius 2 is 1.11 bits per heavy atom. The van der Waals surface area contributed by atoms with Crippen LogP contribution in [0.1, 0.15) is 13.8 Å². The maximum atomic E-state index is 12.3. The molecule has 0 aliphatic carbocycles.